The average molecular weight is 297 g/mol. The first-order valence-corrected chi connectivity index (χ1v) is 7.25. The topological polar surface area (TPSA) is 64.9 Å². The number of benzene rings is 2. The normalized spacial score (nSPS) is 9.71. The zero-order valence-corrected chi connectivity index (χ0v) is 12.4. The molecule has 0 saturated carbocycles. The lowest BCUT2D eigenvalue weighted by Gasteiger charge is -2.13. The standard InChI is InChI=1S/C16H15N3OS/c1-12-4-2-7-16(15(12)10-18-11-20)19-21-14-6-3-5-13(8-14)9-17/h2-8,11,19H,10H2,1H3,(H,18,20). The van der Waals surface area contributed by atoms with E-state index in [0.717, 1.165) is 21.7 Å². The summed E-state index contributed by atoms with van der Waals surface area (Å²) in [5, 5.41) is 11.6. The first-order valence-electron chi connectivity index (χ1n) is 6.43. The molecule has 2 rings (SSSR count). The number of amides is 1. The van der Waals surface area contributed by atoms with Gasteiger partial charge in [0.05, 0.1) is 11.6 Å². The average Bonchev–Trinajstić information content (AvgIpc) is 2.52. The first-order chi connectivity index (χ1) is 10.2. The number of nitrogens with one attached hydrogen (secondary N) is 2. The second kappa shape index (κ2) is 7.36. The second-order valence-electron chi connectivity index (χ2n) is 4.44. The van der Waals surface area contributed by atoms with Crippen molar-refractivity contribution in [3.8, 4) is 6.07 Å². The van der Waals surface area contributed by atoms with E-state index in [1.807, 2.05) is 43.3 Å². The summed E-state index contributed by atoms with van der Waals surface area (Å²) in [5.74, 6) is 0. The van der Waals surface area contributed by atoms with Gasteiger partial charge in [0.1, 0.15) is 0 Å². The number of anilines is 1. The van der Waals surface area contributed by atoms with Crippen LogP contribution in [0.15, 0.2) is 47.4 Å². The smallest absolute Gasteiger partial charge is 0.207 e. The number of nitriles is 1. The minimum Gasteiger partial charge on any atom is -0.355 e. The monoisotopic (exact) mass is 297 g/mol. The maximum Gasteiger partial charge on any atom is 0.207 e. The summed E-state index contributed by atoms with van der Waals surface area (Å²) in [5.41, 5.74) is 3.75. The fraction of sp³-hybridized carbons (Fsp3) is 0.125. The van der Waals surface area contributed by atoms with Crippen LogP contribution in [0.25, 0.3) is 0 Å². The number of carbonyl (C=O) groups excluding carboxylic acids is 1. The van der Waals surface area contributed by atoms with Gasteiger partial charge in [-0.25, -0.2) is 0 Å². The van der Waals surface area contributed by atoms with Crippen LogP contribution in [0, 0.1) is 18.3 Å². The summed E-state index contributed by atoms with van der Waals surface area (Å²) in [7, 11) is 0. The molecule has 2 N–H and O–H groups in total. The lowest BCUT2D eigenvalue weighted by molar-refractivity contribution is -0.109. The van der Waals surface area contributed by atoms with E-state index < -0.39 is 0 Å². The van der Waals surface area contributed by atoms with Gasteiger partial charge in [0.2, 0.25) is 6.41 Å². The fourth-order valence-electron chi connectivity index (χ4n) is 1.92. The summed E-state index contributed by atoms with van der Waals surface area (Å²) in [6.07, 6.45) is 0.694. The minimum absolute atomic E-state index is 0.483. The number of carbonyl (C=O) groups is 1. The second-order valence-corrected chi connectivity index (χ2v) is 5.32. The fourth-order valence-corrected chi connectivity index (χ4v) is 2.67. The number of rotatable bonds is 6. The van der Waals surface area contributed by atoms with Crippen LogP contribution in [-0.4, -0.2) is 6.41 Å². The molecule has 0 spiro atoms. The van der Waals surface area contributed by atoms with E-state index in [9.17, 15) is 4.79 Å². The Hall–Kier alpha value is -2.45. The Kier molecular flexibility index (Phi) is 5.24. The van der Waals surface area contributed by atoms with Crippen molar-refractivity contribution >= 4 is 24.0 Å². The Bertz CT molecular complexity index is 679. The molecule has 0 aromatic heterocycles. The number of aryl methyl sites for hydroxylation is 1. The van der Waals surface area contributed by atoms with Crippen LogP contribution >= 0.6 is 11.9 Å². The molecule has 0 saturated heterocycles. The van der Waals surface area contributed by atoms with Crippen molar-refractivity contribution in [1.29, 1.82) is 5.26 Å². The lowest BCUT2D eigenvalue weighted by atomic mass is 10.1. The molecular formula is C16H15N3OS. The first kappa shape index (κ1) is 14.9. The van der Waals surface area contributed by atoms with Crippen LogP contribution in [0.4, 0.5) is 5.69 Å². The molecule has 0 aliphatic carbocycles. The van der Waals surface area contributed by atoms with Crippen LogP contribution in [0.1, 0.15) is 16.7 Å². The van der Waals surface area contributed by atoms with Crippen LogP contribution in [0.3, 0.4) is 0 Å². The number of nitrogens with zero attached hydrogens (tertiary/aromatic N) is 1. The van der Waals surface area contributed by atoms with Gasteiger partial charge in [-0.3, -0.25) is 4.79 Å². The Labute approximate surface area is 128 Å². The quantitative estimate of drug-likeness (QED) is 0.634. The Morgan fingerprint density at radius 1 is 1.29 bits per heavy atom. The highest BCUT2D eigenvalue weighted by atomic mass is 32.2. The molecule has 21 heavy (non-hydrogen) atoms. The minimum atomic E-state index is 0.483. The molecule has 0 atom stereocenters. The molecule has 2 aromatic rings. The third-order valence-electron chi connectivity index (χ3n) is 3.01. The largest absolute Gasteiger partial charge is 0.355 e. The van der Waals surface area contributed by atoms with Gasteiger partial charge in [-0.15, -0.1) is 0 Å². The highest BCUT2D eigenvalue weighted by Gasteiger charge is 2.05. The lowest BCUT2D eigenvalue weighted by Crippen LogP contribution is -2.12. The molecule has 106 valence electrons. The van der Waals surface area contributed by atoms with Gasteiger partial charge in [0.25, 0.3) is 0 Å². The van der Waals surface area contributed by atoms with Gasteiger partial charge in [0.15, 0.2) is 0 Å². The molecule has 0 aliphatic rings. The Morgan fingerprint density at radius 2 is 2.10 bits per heavy atom. The molecule has 0 fully saturated rings. The maximum atomic E-state index is 10.5. The number of hydrogen-bond acceptors (Lipinski definition) is 4. The van der Waals surface area contributed by atoms with Crippen molar-refractivity contribution in [2.24, 2.45) is 0 Å². The van der Waals surface area contributed by atoms with E-state index in [-0.39, 0.29) is 0 Å². The van der Waals surface area contributed by atoms with Crippen molar-refractivity contribution in [3.63, 3.8) is 0 Å². The van der Waals surface area contributed by atoms with E-state index in [2.05, 4.69) is 16.1 Å². The van der Waals surface area contributed by atoms with Gasteiger partial charge in [-0.2, -0.15) is 5.26 Å². The van der Waals surface area contributed by atoms with Gasteiger partial charge < -0.3 is 10.0 Å². The summed E-state index contributed by atoms with van der Waals surface area (Å²) in [6, 6.07) is 15.5. The molecular weight excluding hydrogens is 282 g/mol. The van der Waals surface area contributed by atoms with E-state index >= 15 is 0 Å². The molecule has 0 heterocycles. The predicted octanol–water partition coefficient (Wildman–Crippen LogP) is 3.23. The highest BCUT2D eigenvalue weighted by molar-refractivity contribution is 8.00. The molecule has 1 amide bonds. The number of hydrogen-bond donors (Lipinski definition) is 2. The van der Waals surface area contributed by atoms with Crippen molar-refractivity contribution in [1.82, 2.24) is 5.32 Å². The molecule has 0 radical (unpaired) electrons. The zero-order valence-electron chi connectivity index (χ0n) is 11.6. The van der Waals surface area contributed by atoms with E-state index in [1.165, 1.54) is 11.9 Å². The molecule has 2 aromatic carbocycles. The molecule has 0 unspecified atom stereocenters. The van der Waals surface area contributed by atoms with Crippen LogP contribution in [0.2, 0.25) is 0 Å². The van der Waals surface area contributed by atoms with Crippen molar-refractivity contribution in [2.45, 2.75) is 18.4 Å². The van der Waals surface area contributed by atoms with Crippen molar-refractivity contribution in [2.75, 3.05) is 4.72 Å². The van der Waals surface area contributed by atoms with E-state index in [4.69, 9.17) is 5.26 Å². The molecule has 4 nitrogen and oxygen atoms in total. The predicted molar refractivity (Wildman–Crippen MR) is 84.7 cm³/mol. The summed E-state index contributed by atoms with van der Waals surface area (Å²) < 4.78 is 3.28. The van der Waals surface area contributed by atoms with Crippen molar-refractivity contribution in [3.05, 3.63) is 59.2 Å². The zero-order chi connectivity index (χ0) is 15.1. The third kappa shape index (κ3) is 4.01. The van der Waals surface area contributed by atoms with Crippen LogP contribution in [0.5, 0.6) is 0 Å². The van der Waals surface area contributed by atoms with Gasteiger partial charge in [0, 0.05) is 17.1 Å². The van der Waals surface area contributed by atoms with Crippen LogP contribution in [-0.2, 0) is 11.3 Å². The van der Waals surface area contributed by atoms with E-state index in [1.54, 1.807) is 6.07 Å². The summed E-state index contributed by atoms with van der Waals surface area (Å²) >= 11 is 1.44. The van der Waals surface area contributed by atoms with Gasteiger partial charge >= 0.3 is 0 Å². The maximum absolute atomic E-state index is 10.5. The van der Waals surface area contributed by atoms with Gasteiger partial charge in [-0.1, -0.05) is 18.2 Å². The van der Waals surface area contributed by atoms with Crippen LogP contribution < -0.4 is 10.0 Å². The summed E-state index contributed by atoms with van der Waals surface area (Å²) in [4.78, 5) is 11.4. The molecule has 0 bridgehead atoms. The van der Waals surface area contributed by atoms with Gasteiger partial charge in [-0.05, 0) is 54.3 Å². The third-order valence-corrected chi connectivity index (χ3v) is 3.83. The Balaban J connectivity index is 2.14. The summed E-state index contributed by atoms with van der Waals surface area (Å²) in [6.45, 7) is 2.49. The Morgan fingerprint density at radius 3 is 2.86 bits per heavy atom. The van der Waals surface area contributed by atoms with Crippen molar-refractivity contribution < 1.29 is 4.79 Å². The molecule has 0 aliphatic heterocycles. The van der Waals surface area contributed by atoms with E-state index in [0.29, 0.717) is 18.5 Å². The molecule has 5 heteroatoms. The SMILES string of the molecule is Cc1cccc(NSc2cccc(C#N)c2)c1CNC=O. The highest BCUT2D eigenvalue weighted by Crippen LogP contribution is 2.26.